The summed E-state index contributed by atoms with van der Waals surface area (Å²) in [5, 5.41) is 12.9. The molecule has 0 unspecified atom stereocenters. The molecule has 0 bridgehead atoms. The molecule has 1 heterocycles. The van der Waals surface area contributed by atoms with Crippen LogP contribution < -0.4 is 5.32 Å². The quantitative estimate of drug-likeness (QED) is 0.427. The maximum Gasteiger partial charge on any atom is 0.266 e. The van der Waals surface area contributed by atoms with E-state index in [4.69, 9.17) is 27.6 Å². The van der Waals surface area contributed by atoms with Crippen molar-refractivity contribution in [1.29, 1.82) is 5.26 Å². The molecular weight excluding hydrogens is 383 g/mol. The maximum absolute atomic E-state index is 12.3. The van der Waals surface area contributed by atoms with Gasteiger partial charge < -0.3 is 9.73 Å². The summed E-state index contributed by atoms with van der Waals surface area (Å²) in [6, 6.07) is 17.7. The second-order valence-corrected chi connectivity index (χ2v) is 6.60. The van der Waals surface area contributed by atoms with Crippen molar-refractivity contribution in [2.45, 2.75) is 6.92 Å². The van der Waals surface area contributed by atoms with Gasteiger partial charge in [-0.2, -0.15) is 5.26 Å². The SMILES string of the molecule is Cc1ccc(NC(=O)/C(C#N)=C/c2ccc(-c3c(Cl)cccc3Cl)o2)cc1. The van der Waals surface area contributed by atoms with Gasteiger partial charge in [-0.3, -0.25) is 4.79 Å². The van der Waals surface area contributed by atoms with E-state index in [1.165, 1.54) is 6.08 Å². The van der Waals surface area contributed by atoms with Crippen molar-refractivity contribution in [3.05, 3.63) is 81.5 Å². The highest BCUT2D eigenvalue weighted by molar-refractivity contribution is 6.39. The fraction of sp³-hybridized carbons (Fsp3) is 0.0476. The molecule has 1 aromatic heterocycles. The van der Waals surface area contributed by atoms with Crippen molar-refractivity contribution in [2.24, 2.45) is 0 Å². The number of benzene rings is 2. The predicted molar refractivity (Wildman–Crippen MR) is 108 cm³/mol. The monoisotopic (exact) mass is 396 g/mol. The number of nitriles is 1. The maximum atomic E-state index is 12.3. The lowest BCUT2D eigenvalue weighted by molar-refractivity contribution is -0.112. The third-order valence-corrected chi connectivity index (χ3v) is 4.43. The van der Waals surface area contributed by atoms with E-state index in [1.54, 1.807) is 42.5 Å². The second-order valence-electron chi connectivity index (χ2n) is 5.79. The highest BCUT2D eigenvalue weighted by Crippen LogP contribution is 2.35. The van der Waals surface area contributed by atoms with Gasteiger partial charge in [0.05, 0.1) is 15.6 Å². The van der Waals surface area contributed by atoms with Gasteiger partial charge in [-0.05, 0) is 43.3 Å². The molecule has 4 nitrogen and oxygen atoms in total. The molecule has 0 atom stereocenters. The van der Waals surface area contributed by atoms with E-state index in [1.807, 2.05) is 25.1 Å². The Labute approximate surface area is 166 Å². The predicted octanol–water partition coefficient (Wildman–Crippen LogP) is 6.11. The summed E-state index contributed by atoms with van der Waals surface area (Å²) in [6.45, 7) is 1.95. The minimum Gasteiger partial charge on any atom is -0.457 e. The zero-order valence-electron chi connectivity index (χ0n) is 14.3. The average molecular weight is 397 g/mol. The molecule has 0 aliphatic heterocycles. The number of nitrogens with zero attached hydrogens (tertiary/aromatic N) is 1. The van der Waals surface area contributed by atoms with Crippen molar-refractivity contribution < 1.29 is 9.21 Å². The van der Waals surface area contributed by atoms with Crippen LogP contribution in [0.25, 0.3) is 17.4 Å². The highest BCUT2D eigenvalue weighted by atomic mass is 35.5. The van der Waals surface area contributed by atoms with Gasteiger partial charge in [0.1, 0.15) is 23.2 Å². The molecular formula is C21H14Cl2N2O2. The van der Waals surface area contributed by atoms with Gasteiger partial charge in [0.15, 0.2) is 0 Å². The number of amides is 1. The van der Waals surface area contributed by atoms with Crippen LogP contribution in [0.15, 0.2) is 64.6 Å². The van der Waals surface area contributed by atoms with Gasteiger partial charge in [0.25, 0.3) is 5.91 Å². The fourth-order valence-corrected chi connectivity index (χ4v) is 3.01. The van der Waals surface area contributed by atoms with E-state index in [9.17, 15) is 10.1 Å². The third-order valence-electron chi connectivity index (χ3n) is 3.80. The van der Waals surface area contributed by atoms with Crippen molar-refractivity contribution >= 4 is 40.9 Å². The average Bonchev–Trinajstić information content (AvgIpc) is 3.09. The van der Waals surface area contributed by atoms with E-state index in [-0.39, 0.29) is 5.57 Å². The van der Waals surface area contributed by atoms with E-state index in [0.29, 0.717) is 32.8 Å². The topological polar surface area (TPSA) is 66.0 Å². The standard InChI is InChI=1S/C21H14Cl2N2O2/c1-13-5-7-15(8-6-13)25-21(26)14(12-24)11-16-9-10-19(27-16)20-17(22)3-2-4-18(20)23/h2-11H,1H3,(H,25,26)/b14-11+. The zero-order valence-corrected chi connectivity index (χ0v) is 15.8. The van der Waals surface area contributed by atoms with Crippen molar-refractivity contribution in [3.63, 3.8) is 0 Å². The Morgan fingerprint density at radius 3 is 2.37 bits per heavy atom. The third kappa shape index (κ3) is 4.40. The normalized spacial score (nSPS) is 11.1. The first-order valence-corrected chi connectivity index (χ1v) is 8.77. The first-order valence-electron chi connectivity index (χ1n) is 8.02. The number of aryl methyl sites for hydroxylation is 1. The molecule has 2 aromatic carbocycles. The van der Waals surface area contributed by atoms with Crippen LogP contribution in [0.1, 0.15) is 11.3 Å². The molecule has 3 rings (SSSR count). The second kappa shape index (κ2) is 8.13. The number of halogens is 2. The number of rotatable bonds is 4. The van der Waals surface area contributed by atoms with Crippen LogP contribution in [0.4, 0.5) is 5.69 Å². The van der Waals surface area contributed by atoms with Gasteiger partial charge in [0, 0.05) is 11.8 Å². The van der Waals surface area contributed by atoms with Gasteiger partial charge in [0.2, 0.25) is 0 Å². The molecule has 0 radical (unpaired) electrons. The number of furan rings is 1. The molecule has 0 saturated carbocycles. The van der Waals surface area contributed by atoms with Crippen LogP contribution in [-0.4, -0.2) is 5.91 Å². The van der Waals surface area contributed by atoms with Crippen LogP contribution in [0.5, 0.6) is 0 Å². The van der Waals surface area contributed by atoms with Crippen LogP contribution >= 0.6 is 23.2 Å². The summed E-state index contributed by atoms with van der Waals surface area (Å²) in [7, 11) is 0. The summed E-state index contributed by atoms with van der Waals surface area (Å²) in [4.78, 5) is 12.3. The highest BCUT2D eigenvalue weighted by Gasteiger charge is 2.14. The van der Waals surface area contributed by atoms with Crippen LogP contribution in [-0.2, 0) is 4.79 Å². The van der Waals surface area contributed by atoms with Gasteiger partial charge in [-0.25, -0.2) is 0 Å². The molecule has 27 heavy (non-hydrogen) atoms. The number of nitrogens with one attached hydrogen (secondary N) is 1. The van der Waals surface area contributed by atoms with Gasteiger partial charge in [-0.1, -0.05) is 47.0 Å². The summed E-state index contributed by atoms with van der Waals surface area (Å²) < 4.78 is 5.70. The smallest absolute Gasteiger partial charge is 0.266 e. The molecule has 0 aliphatic rings. The van der Waals surface area contributed by atoms with Crippen molar-refractivity contribution in [2.75, 3.05) is 5.32 Å². The summed E-state index contributed by atoms with van der Waals surface area (Å²) in [6.07, 6.45) is 1.37. The van der Waals surface area contributed by atoms with Crippen molar-refractivity contribution in [1.82, 2.24) is 0 Å². The molecule has 0 fully saturated rings. The molecule has 0 aliphatic carbocycles. The Balaban J connectivity index is 1.84. The molecule has 6 heteroatoms. The Morgan fingerprint density at radius 2 is 1.74 bits per heavy atom. The largest absolute Gasteiger partial charge is 0.457 e. The Hall–Kier alpha value is -3.00. The first kappa shape index (κ1) is 18.8. The van der Waals surface area contributed by atoms with Crippen LogP contribution in [0, 0.1) is 18.3 Å². The van der Waals surface area contributed by atoms with E-state index in [2.05, 4.69) is 5.32 Å². The van der Waals surface area contributed by atoms with Gasteiger partial charge >= 0.3 is 0 Å². The Morgan fingerprint density at radius 1 is 1.07 bits per heavy atom. The van der Waals surface area contributed by atoms with Crippen LogP contribution in [0.2, 0.25) is 10.0 Å². The molecule has 0 spiro atoms. The lowest BCUT2D eigenvalue weighted by Gasteiger charge is -2.04. The lowest BCUT2D eigenvalue weighted by atomic mass is 10.2. The summed E-state index contributed by atoms with van der Waals surface area (Å²) in [5.41, 5.74) is 2.16. The number of hydrogen-bond acceptors (Lipinski definition) is 3. The summed E-state index contributed by atoms with van der Waals surface area (Å²) >= 11 is 12.4. The number of carbonyl (C=O) groups excluding carboxylic acids is 1. The summed E-state index contributed by atoms with van der Waals surface area (Å²) in [5.74, 6) is 0.278. The van der Waals surface area contributed by atoms with E-state index < -0.39 is 5.91 Å². The lowest BCUT2D eigenvalue weighted by Crippen LogP contribution is -2.13. The first-order chi connectivity index (χ1) is 13.0. The molecule has 3 aromatic rings. The van der Waals surface area contributed by atoms with E-state index >= 15 is 0 Å². The number of hydrogen-bond donors (Lipinski definition) is 1. The Bertz CT molecular complexity index is 1040. The Kier molecular flexibility index (Phi) is 5.66. The molecule has 1 N–H and O–H groups in total. The fourth-order valence-electron chi connectivity index (χ4n) is 2.42. The minimum absolute atomic E-state index is 0.0817. The van der Waals surface area contributed by atoms with Crippen LogP contribution in [0.3, 0.4) is 0 Å². The molecule has 0 saturated heterocycles. The molecule has 134 valence electrons. The number of anilines is 1. The molecule has 1 amide bonds. The minimum atomic E-state index is -0.518. The van der Waals surface area contributed by atoms with Gasteiger partial charge in [-0.15, -0.1) is 0 Å². The van der Waals surface area contributed by atoms with Crippen molar-refractivity contribution in [3.8, 4) is 17.4 Å². The van der Waals surface area contributed by atoms with E-state index in [0.717, 1.165) is 5.56 Å². The zero-order chi connectivity index (χ0) is 19.4. The number of carbonyl (C=O) groups is 1.